The van der Waals surface area contributed by atoms with E-state index in [9.17, 15) is 27.9 Å². The number of nitrogens with one attached hydrogen (secondary N) is 1. The van der Waals surface area contributed by atoms with Gasteiger partial charge in [0.25, 0.3) is 5.91 Å². The number of halogens is 3. The summed E-state index contributed by atoms with van der Waals surface area (Å²) < 4.78 is 41.0. The van der Waals surface area contributed by atoms with E-state index in [1.165, 1.54) is 0 Å². The Kier molecular flexibility index (Phi) is 6.96. The van der Waals surface area contributed by atoms with Crippen LogP contribution in [-0.4, -0.2) is 36.3 Å². The van der Waals surface area contributed by atoms with Crippen LogP contribution in [0.2, 0.25) is 0 Å². The van der Waals surface area contributed by atoms with Gasteiger partial charge >= 0.3 is 12.1 Å². The molecule has 1 aliphatic carbocycles. The molecule has 0 atom stereocenters. The highest BCUT2D eigenvalue weighted by Gasteiger charge is 2.46. The van der Waals surface area contributed by atoms with Crippen LogP contribution in [0.4, 0.5) is 24.8 Å². The van der Waals surface area contributed by atoms with E-state index < -0.39 is 29.0 Å². The number of aliphatic carboxylic acids is 1. The van der Waals surface area contributed by atoms with Crippen LogP contribution in [-0.2, 0) is 16.4 Å². The number of aromatic nitrogens is 4. The van der Waals surface area contributed by atoms with Crippen LogP contribution in [0.5, 0.6) is 0 Å². The molecule has 1 amide bonds. The summed E-state index contributed by atoms with van der Waals surface area (Å²) in [5, 5.41) is 12.1. The molecule has 0 radical (unpaired) electrons. The van der Waals surface area contributed by atoms with Crippen LogP contribution in [0, 0.1) is 5.41 Å². The molecule has 0 spiro atoms. The summed E-state index contributed by atoms with van der Waals surface area (Å²) in [5.74, 6) is -0.570. The van der Waals surface area contributed by atoms with Crippen molar-refractivity contribution in [3.63, 3.8) is 0 Å². The molecule has 4 aromatic rings. The lowest BCUT2D eigenvalue weighted by Crippen LogP contribution is -2.40. The minimum atomic E-state index is -4.56. The lowest BCUT2D eigenvalue weighted by Gasteiger charge is -2.42. The third kappa shape index (κ3) is 5.09. The molecule has 214 valence electrons. The first-order chi connectivity index (χ1) is 19.4. The minimum Gasteiger partial charge on any atom is -0.481 e. The first kappa shape index (κ1) is 28.1. The zero-order valence-corrected chi connectivity index (χ0v) is 22.5. The van der Waals surface area contributed by atoms with Crippen molar-refractivity contribution >= 4 is 29.0 Å². The van der Waals surface area contributed by atoms with E-state index in [1.807, 2.05) is 4.40 Å². The van der Waals surface area contributed by atoms with E-state index in [1.54, 1.807) is 43.6 Å². The number of fused-ring (bicyclic) bond motifs is 1. The molecule has 9 nitrogen and oxygen atoms in total. The van der Waals surface area contributed by atoms with Gasteiger partial charge in [0.2, 0.25) is 0 Å². The molecule has 1 aliphatic rings. The molecule has 1 fully saturated rings. The summed E-state index contributed by atoms with van der Waals surface area (Å²) in [6.07, 6.45) is 2.91. The van der Waals surface area contributed by atoms with Crippen LogP contribution < -0.4 is 11.1 Å². The molecule has 41 heavy (non-hydrogen) atoms. The number of amides is 1. The van der Waals surface area contributed by atoms with Crippen LogP contribution >= 0.6 is 0 Å². The predicted molar refractivity (Wildman–Crippen MR) is 146 cm³/mol. The maximum absolute atomic E-state index is 13.0. The van der Waals surface area contributed by atoms with Crippen molar-refractivity contribution in [2.75, 3.05) is 11.1 Å². The number of imidazole rings is 1. The Hall–Kier alpha value is -4.48. The fourth-order valence-electron chi connectivity index (χ4n) is 5.51. The van der Waals surface area contributed by atoms with Gasteiger partial charge < -0.3 is 16.2 Å². The summed E-state index contributed by atoms with van der Waals surface area (Å²) in [4.78, 5) is 37.7. The summed E-state index contributed by atoms with van der Waals surface area (Å²) in [7, 11) is 0. The second-order valence-corrected chi connectivity index (χ2v) is 10.8. The molecule has 0 saturated heterocycles. The highest BCUT2D eigenvalue weighted by atomic mass is 19.4. The molecule has 1 aromatic carbocycles. The van der Waals surface area contributed by atoms with Gasteiger partial charge in [-0.15, -0.1) is 0 Å². The molecular weight excluding hydrogens is 537 g/mol. The topological polar surface area (TPSA) is 136 Å². The van der Waals surface area contributed by atoms with Gasteiger partial charge in [-0.05, 0) is 63.3 Å². The molecule has 3 aromatic heterocycles. The Morgan fingerprint density at radius 3 is 2.37 bits per heavy atom. The Balaban J connectivity index is 1.47. The number of hydrogen-bond donors (Lipinski definition) is 3. The van der Waals surface area contributed by atoms with Gasteiger partial charge in [0, 0.05) is 35.1 Å². The van der Waals surface area contributed by atoms with Crippen LogP contribution in [0.25, 0.3) is 16.8 Å². The second-order valence-electron chi connectivity index (χ2n) is 10.8. The number of anilines is 2. The first-order valence-corrected chi connectivity index (χ1v) is 13.2. The highest BCUT2D eigenvalue weighted by molar-refractivity contribution is 6.04. The van der Waals surface area contributed by atoms with Crippen molar-refractivity contribution in [3.8, 4) is 11.3 Å². The molecule has 1 saturated carbocycles. The summed E-state index contributed by atoms with van der Waals surface area (Å²) in [6.45, 7) is 3.86. The second kappa shape index (κ2) is 10.2. The molecule has 4 N–H and O–H groups in total. The number of benzene rings is 1. The summed E-state index contributed by atoms with van der Waals surface area (Å²) >= 11 is 0. The smallest absolute Gasteiger partial charge is 0.416 e. The Morgan fingerprint density at radius 1 is 1.07 bits per heavy atom. The number of carboxylic acids is 1. The molecular formula is C29H29F3N6O3. The zero-order valence-electron chi connectivity index (χ0n) is 22.5. The number of carbonyl (C=O) groups excluding carboxylic acids is 1. The number of alkyl halides is 3. The fourth-order valence-corrected chi connectivity index (χ4v) is 5.51. The highest BCUT2D eigenvalue weighted by Crippen LogP contribution is 2.49. The lowest BCUT2D eigenvalue weighted by molar-refractivity contribution is -0.150. The largest absolute Gasteiger partial charge is 0.481 e. The Bertz CT molecular complexity index is 1620. The summed E-state index contributed by atoms with van der Waals surface area (Å²) in [6, 6.07) is 8.07. The number of carbonyl (C=O) groups is 2. The van der Waals surface area contributed by atoms with Crippen molar-refractivity contribution in [1.82, 2.24) is 19.4 Å². The molecule has 0 aliphatic heterocycles. The zero-order chi connectivity index (χ0) is 29.6. The molecule has 3 heterocycles. The quantitative estimate of drug-likeness (QED) is 0.262. The first-order valence-electron chi connectivity index (χ1n) is 13.2. The van der Waals surface area contributed by atoms with Gasteiger partial charge in [0.15, 0.2) is 0 Å². The van der Waals surface area contributed by atoms with Crippen molar-refractivity contribution in [1.29, 1.82) is 0 Å². The molecule has 0 unspecified atom stereocenters. The standard InChI is InChI=1S/C29H29F3N6O3/c1-3-28(11-9-27(2,10-12-28)26(40)41)25-37-21(22-23(33)35-14-15-38(22)25)17-4-6-18(7-5-17)24(39)36-20-16-19(8-13-34-20)29(30,31)32/h4-8,13-16H,3,9-12H2,1-2H3,(H2,33,35)(H,40,41)(H,34,36,39). The monoisotopic (exact) mass is 566 g/mol. The van der Waals surface area contributed by atoms with Gasteiger partial charge in [-0.1, -0.05) is 19.1 Å². The molecule has 0 bridgehead atoms. The number of nitrogens with zero attached hydrogens (tertiary/aromatic N) is 4. The van der Waals surface area contributed by atoms with Gasteiger partial charge in [-0.3, -0.25) is 14.0 Å². The van der Waals surface area contributed by atoms with Gasteiger partial charge in [0.05, 0.1) is 11.0 Å². The third-order valence-corrected chi connectivity index (χ3v) is 8.31. The van der Waals surface area contributed by atoms with Gasteiger partial charge in [0.1, 0.15) is 28.7 Å². The number of nitrogen functional groups attached to an aromatic ring is 1. The van der Waals surface area contributed by atoms with Gasteiger partial charge in [-0.25, -0.2) is 15.0 Å². The van der Waals surface area contributed by atoms with E-state index in [2.05, 4.69) is 22.2 Å². The number of rotatable bonds is 6. The molecule has 12 heteroatoms. The third-order valence-electron chi connectivity index (χ3n) is 8.31. The van der Waals surface area contributed by atoms with E-state index in [0.717, 1.165) is 30.6 Å². The van der Waals surface area contributed by atoms with E-state index in [-0.39, 0.29) is 22.6 Å². The SMILES string of the molecule is CCC1(c2nc(-c3ccc(C(=O)Nc4cc(C(F)(F)F)ccn4)cc3)c3c(N)nccn23)CCC(C)(C(=O)O)CC1. The minimum absolute atomic E-state index is 0.214. The summed E-state index contributed by atoms with van der Waals surface area (Å²) in [5.41, 5.74) is 6.31. The van der Waals surface area contributed by atoms with Crippen LogP contribution in [0.3, 0.4) is 0 Å². The van der Waals surface area contributed by atoms with Crippen molar-refractivity contribution in [2.45, 2.75) is 57.5 Å². The van der Waals surface area contributed by atoms with Crippen LogP contribution in [0.1, 0.15) is 67.7 Å². The molecule has 5 rings (SSSR count). The predicted octanol–water partition coefficient (Wildman–Crippen LogP) is 5.96. The Labute approximate surface area is 233 Å². The maximum Gasteiger partial charge on any atom is 0.416 e. The van der Waals surface area contributed by atoms with E-state index >= 15 is 0 Å². The van der Waals surface area contributed by atoms with E-state index in [0.29, 0.717) is 42.5 Å². The lowest BCUT2D eigenvalue weighted by atomic mass is 9.63. The number of nitrogens with two attached hydrogens (primary N) is 1. The number of carboxylic acid groups (broad SMARTS) is 1. The van der Waals surface area contributed by atoms with E-state index in [4.69, 9.17) is 10.7 Å². The maximum atomic E-state index is 13.0. The average molecular weight is 567 g/mol. The fraction of sp³-hybridized carbons (Fsp3) is 0.345. The number of hydrogen-bond acceptors (Lipinski definition) is 6. The van der Waals surface area contributed by atoms with Crippen molar-refractivity contribution in [3.05, 3.63) is 71.9 Å². The number of pyridine rings is 1. The van der Waals surface area contributed by atoms with Crippen LogP contribution in [0.15, 0.2) is 55.0 Å². The van der Waals surface area contributed by atoms with Gasteiger partial charge in [-0.2, -0.15) is 13.2 Å². The average Bonchev–Trinajstić information content (AvgIpc) is 3.35. The normalized spacial score (nSPS) is 21.1. The van der Waals surface area contributed by atoms with Crippen molar-refractivity contribution in [2.24, 2.45) is 5.41 Å². The Morgan fingerprint density at radius 2 is 1.76 bits per heavy atom. The van der Waals surface area contributed by atoms with Crippen molar-refractivity contribution < 1.29 is 27.9 Å².